The van der Waals surface area contributed by atoms with Crippen molar-refractivity contribution in [3.05, 3.63) is 131 Å². The third-order valence-corrected chi connectivity index (χ3v) is 6.82. The second kappa shape index (κ2) is 12.9. The Bertz CT molecular complexity index is 1300. The van der Waals surface area contributed by atoms with Gasteiger partial charge in [-0.1, -0.05) is 84.9 Å². The summed E-state index contributed by atoms with van der Waals surface area (Å²) < 4.78 is 17.2. The molecule has 1 saturated heterocycles. The van der Waals surface area contributed by atoms with E-state index in [2.05, 4.69) is 29.6 Å². The molecule has 0 saturated carbocycles. The van der Waals surface area contributed by atoms with Crippen LogP contribution in [0.4, 0.5) is 5.69 Å². The molecule has 1 aliphatic heterocycles. The first-order chi connectivity index (χ1) is 18.7. The number of anilines is 1. The van der Waals surface area contributed by atoms with Crippen molar-refractivity contribution in [2.45, 2.75) is 38.5 Å². The van der Waals surface area contributed by atoms with Gasteiger partial charge in [0.15, 0.2) is 0 Å². The van der Waals surface area contributed by atoms with Crippen molar-refractivity contribution in [2.24, 2.45) is 0 Å². The quantitative estimate of drug-likeness (QED) is 0.231. The Kier molecular flexibility index (Phi) is 8.69. The van der Waals surface area contributed by atoms with Crippen molar-refractivity contribution in [2.75, 3.05) is 18.5 Å². The normalized spacial score (nSPS) is 13.6. The molecule has 194 valence electrons. The summed E-state index contributed by atoms with van der Waals surface area (Å²) in [5, 5.41) is 3.47. The average Bonchev–Trinajstić information content (AvgIpc) is 2.99. The maximum Gasteiger partial charge on any atom is 0.342 e. The number of carbonyl (C=O) groups excluding carboxylic acids is 1. The summed E-state index contributed by atoms with van der Waals surface area (Å²) in [4.78, 5) is 13.0. The molecule has 1 aliphatic rings. The van der Waals surface area contributed by atoms with E-state index in [1.165, 1.54) is 11.1 Å². The summed E-state index contributed by atoms with van der Waals surface area (Å²) in [6.45, 7) is 2.93. The average molecular weight is 508 g/mol. The highest BCUT2D eigenvalue weighted by Gasteiger charge is 2.17. The lowest BCUT2D eigenvalue weighted by atomic mass is 9.91. The third-order valence-electron chi connectivity index (χ3n) is 6.82. The summed E-state index contributed by atoms with van der Waals surface area (Å²) in [6.07, 6.45) is 2.17. The molecule has 0 aromatic heterocycles. The Labute approximate surface area is 224 Å². The number of esters is 1. The highest BCUT2D eigenvalue weighted by atomic mass is 16.5. The molecule has 0 aliphatic carbocycles. The van der Waals surface area contributed by atoms with Crippen LogP contribution in [0.1, 0.15) is 51.4 Å². The van der Waals surface area contributed by atoms with Gasteiger partial charge < -0.3 is 19.5 Å². The summed E-state index contributed by atoms with van der Waals surface area (Å²) in [5.74, 6) is 0.670. The van der Waals surface area contributed by atoms with Gasteiger partial charge in [0.05, 0.1) is 0 Å². The van der Waals surface area contributed by atoms with E-state index in [1.807, 2.05) is 72.8 Å². The summed E-state index contributed by atoms with van der Waals surface area (Å²) in [5.41, 5.74) is 5.82. The smallest absolute Gasteiger partial charge is 0.342 e. The van der Waals surface area contributed by atoms with Gasteiger partial charge in [-0.15, -0.1) is 0 Å². The number of benzene rings is 4. The van der Waals surface area contributed by atoms with Crippen molar-refractivity contribution in [3.8, 4) is 5.75 Å². The van der Waals surface area contributed by atoms with Gasteiger partial charge in [-0.2, -0.15) is 0 Å². The highest BCUT2D eigenvalue weighted by molar-refractivity contribution is 5.93. The highest BCUT2D eigenvalue weighted by Crippen LogP contribution is 2.28. The van der Waals surface area contributed by atoms with Gasteiger partial charge in [-0.05, 0) is 53.1 Å². The van der Waals surface area contributed by atoms with Gasteiger partial charge in [0.25, 0.3) is 0 Å². The second-order valence-corrected chi connectivity index (χ2v) is 9.53. The van der Waals surface area contributed by atoms with Crippen LogP contribution in [0.3, 0.4) is 0 Å². The van der Waals surface area contributed by atoms with Gasteiger partial charge in [0.1, 0.15) is 24.5 Å². The fraction of sp³-hybridized carbons (Fsp3) is 0.242. The van der Waals surface area contributed by atoms with Crippen molar-refractivity contribution in [1.82, 2.24) is 0 Å². The van der Waals surface area contributed by atoms with Crippen molar-refractivity contribution >= 4 is 11.7 Å². The van der Waals surface area contributed by atoms with Crippen molar-refractivity contribution in [3.63, 3.8) is 0 Å². The monoisotopic (exact) mass is 507 g/mol. The van der Waals surface area contributed by atoms with E-state index < -0.39 is 5.97 Å². The van der Waals surface area contributed by atoms with Crippen LogP contribution >= 0.6 is 0 Å². The maximum atomic E-state index is 13.0. The lowest BCUT2D eigenvalue weighted by molar-refractivity contribution is 0.0467. The fourth-order valence-electron chi connectivity index (χ4n) is 4.60. The van der Waals surface area contributed by atoms with E-state index in [1.54, 1.807) is 6.07 Å². The SMILES string of the molecule is O=C(OCc1ccccc1)c1ccc(NCc2ccc(C3CCOCC3)cc2)cc1OCc1ccccc1. The molecule has 0 atom stereocenters. The standard InChI is InChI=1S/C33H33NO4/c35-33(38-24-27-9-5-2-6-10-27)31-16-15-30(21-32(31)37-23-26-7-3-1-4-8-26)34-22-25-11-13-28(14-12-25)29-17-19-36-20-18-29/h1-16,21,29,34H,17-20,22-24H2. The minimum absolute atomic E-state index is 0.210. The maximum absolute atomic E-state index is 13.0. The van der Waals surface area contributed by atoms with Gasteiger partial charge in [0.2, 0.25) is 0 Å². The Hall–Kier alpha value is -4.09. The van der Waals surface area contributed by atoms with Crippen LogP contribution in [0.25, 0.3) is 0 Å². The van der Waals surface area contributed by atoms with Crippen LogP contribution in [0.2, 0.25) is 0 Å². The zero-order valence-corrected chi connectivity index (χ0v) is 21.5. The summed E-state index contributed by atoms with van der Waals surface area (Å²) in [7, 11) is 0. The van der Waals surface area contributed by atoms with Crippen LogP contribution in [0.5, 0.6) is 5.75 Å². The van der Waals surface area contributed by atoms with E-state index in [0.29, 0.717) is 30.4 Å². The van der Waals surface area contributed by atoms with E-state index in [-0.39, 0.29) is 6.61 Å². The van der Waals surface area contributed by atoms with E-state index in [0.717, 1.165) is 42.9 Å². The Morgan fingerprint density at radius 1 is 0.763 bits per heavy atom. The largest absolute Gasteiger partial charge is 0.488 e. The molecule has 1 fully saturated rings. The predicted octanol–water partition coefficient (Wildman–Crippen LogP) is 7.13. The molecule has 4 aromatic carbocycles. The molecule has 4 aromatic rings. The lowest BCUT2D eigenvalue weighted by Crippen LogP contribution is -2.14. The van der Waals surface area contributed by atoms with Gasteiger partial charge in [0, 0.05) is 31.5 Å². The minimum Gasteiger partial charge on any atom is -0.488 e. The van der Waals surface area contributed by atoms with E-state index in [9.17, 15) is 4.79 Å². The van der Waals surface area contributed by atoms with Gasteiger partial charge >= 0.3 is 5.97 Å². The predicted molar refractivity (Wildman–Crippen MR) is 149 cm³/mol. The van der Waals surface area contributed by atoms with E-state index in [4.69, 9.17) is 14.2 Å². The van der Waals surface area contributed by atoms with Crippen LogP contribution in [-0.4, -0.2) is 19.2 Å². The molecule has 5 rings (SSSR count). The molecule has 0 radical (unpaired) electrons. The minimum atomic E-state index is -0.410. The second-order valence-electron chi connectivity index (χ2n) is 9.53. The van der Waals surface area contributed by atoms with Crippen LogP contribution in [0.15, 0.2) is 103 Å². The van der Waals surface area contributed by atoms with Crippen molar-refractivity contribution in [1.29, 1.82) is 0 Å². The molecular weight excluding hydrogens is 474 g/mol. The molecule has 38 heavy (non-hydrogen) atoms. The first kappa shape index (κ1) is 25.6. The first-order valence-electron chi connectivity index (χ1n) is 13.2. The zero-order valence-electron chi connectivity index (χ0n) is 21.5. The number of ether oxygens (including phenoxy) is 3. The summed E-state index contributed by atoms with van der Waals surface area (Å²) >= 11 is 0. The molecular formula is C33H33NO4. The Balaban J connectivity index is 1.26. The molecule has 0 amide bonds. The summed E-state index contributed by atoms with van der Waals surface area (Å²) in [6, 6.07) is 33.9. The number of hydrogen-bond acceptors (Lipinski definition) is 5. The number of hydrogen-bond donors (Lipinski definition) is 1. The molecule has 0 spiro atoms. The number of rotatable bonds is 10. The lowest BCUT2D eigenvalue weighted by Gasteiger charge is -2.22. The molecule has 5 heteroatoms. The Morgan fingerprint density at radius 3 is 2.11 bits per heavy atom. The molecule has 1 heterocycles. The Morgan fingerprint density at radius 2 is 1.42 bits per heavy atom. The van der Waals surface area contributed by atoms with Crippen LogP contribution in [0, 0.1) is 0 Å². The van der Waals surface area contributed by atoms with Crippen LogP contribution in [-0.2, 0) is 29.2 Å². The van der Waals surface area contributed by atoms with Gasteiger partial charge in [-0.3, -0.25) is 0 Å². The molecule has 5 nitrogen and oxygen atoms in total. The van der Waals surface area contributed by atoms with Crippen molar-refractivity contribution < 1.29 is 19.0 Å². The zero-order chi connectivity index (χ0) is 26.0. The molecule has 0 unspecified atom stereocenters. The number of carbonyl (C=O) groups is 1. The first-order valence-corrected chi connectivity index (χ1v) is 13.2. The third kappa shape index (κ3) is 7.02. The number of nitrogens with one attached hydrogen (secondary N) is 1. The van der Waals surface area contributed by atoms with E-state index >= 15 is 0 Å². The molecule has 1 N–H and O–H groups in total. The topological polar surface area (TPSA) is 56.8 Å². The van der Waals surface area contributed by atoms with Gasteiger partial charge in [-0.25, -0.2) is 4.79 Å². The van der Waals surface area contributed by atoms with Crippen LogP contribution < -0.4 is 10.1 Å². The molecule has 0 bridgehead atoms. The fourth-order valence-corrected chi connectivity index (χ4v) is 4.60.